The van der Waals surface area contributed by atoms with E-state index in [1.165, 1.54) is 6.20 Å². The van der Waals surface area contributed by atoms with Crippen molar-refractivity contribution in [2.75, 3.05) is 27.2 Å². The van der Waals surface area contributed by atoms with Gasteiger partial charge in [-0.2, -0.15) is 0 Å². The average molecular weight is 183 g/mol. The zero-order valence-electron chi connectivity index (χ0n) is 7.78. The van der Waals surface area contributed by atoms with Crippen molar-refractivity contribution in [1.29, 1.82) is 0 Å². The van der Waals surface area contributed by atoms with Crippen molar-refractivity contribution >= 4 is 5.91 Å². The van der Waals surface area contributed by atoms with E-state index in [9.17, 15) is 4.79 Å². The van der Waals surface area contributed by atoms with E-state index in [2.05, 4.69) is 10.5 Å². The van der Waals surface area contributed by atoms with Gasteiger partial charge >= 0.3 is 0 Å². The highest BCUT2D eigenvalue weighted by molar-refractivity contribution is 5.91. The van der Waals surface area contributed by atoms with Gasteiger partial charge in [-0.25, -0.2) is 0 Å². The van der Waals surface area contributed by atoms with Gasteiger partial charge < -0.3 is 14.7 Å². The van der Waals surface area contributed by atoms with Crippen molar-refractivity contribution in [3.8, 4) is 0 Å². The largest absolute Gasteiger partial charge is 0.351 e. The van der Waals surface area contributed by atoms with E-state index < -0.39 is 0 Å². The van der Waals surface area contributed by atoms with E-state index in [0.717, 1.165) is 6.54 Å². The molecule has 0 aliphatic carbocycles. The predicted molar refractivity (Wildman–Crippen MR) is 47.4 cm³/mol. The Morgan fingerprint density at radius 1 is 1.77 bits per heavy atom. The van der Waals surface area contributed by atoms with Crippen LogP contribution in [-0.2, 0) is 0 Å². The quantitative estimate of drug-likeness (QED) is 0.712. The molecule has 0 saturated heterocycles. The molecule has 0 unspecified atom stereocenters. The second-order valence-corrected chi connectivity index (χ2v) is 2.71. The Balaban J connectivity index is 2.48. The molecule has 0 atom stereocenters. The molecule has 1 heterocycles. The molecule has 1 aromatic heterocycles. The van der Waals surface area contributed by atoms with Crippen molar-refractivity contribution in [1.82, 2.24) is 15.4 Å². The van der Waals surface area contributed by atoms with Gasteiger partial charge in [0.1, 0.15) is 0 Å². The van der Waals surface area contributed by atoms with Gasteiger partial charge in [0.2, 0.25) is 5.76 Å². The number of carbonyl (C=O) groups is 1. The number of amides is 1. The van der Waals surface area contributed by atoms with Crippen molar-refractivity contribution in [3.05, 3.63) is 18.0 Å². The molecule has 1 aromatic rings. The molecule has 72 valence electrons. The second kappa shape index (κ2) is 4.61. The van der Waals surface area contributed by atoms with E-state index in [0.29, 0.717) is 6.54 Å². The number of carbonyl (C=O) groups excluding carboxylic acids is 1. The maximum atomic E-state index is 11.5. The van der Waals surface area contributed by atoms with Gasteiger partial charge in [-0.05, 0) is 7.05 Å². The zero-order chi connectivity index (χ0) is 9.68. The molecule has 0 saturated carbocycles. The first-order valence-electron chi connectivity index (χ1n) is 4.06. The maximum absolute atomic E-state index is 11.5. The number of hydrogen-bond donors (Lipinski definition) is 1. The van der Waals surface area contributed by atoms with Crippen LogP contribution in [0.2, 0.25) is 0 Å². The van der Waals surface area contributed by atoms with Crippen molar-refractivity contribution in [3.63, 3.8) is 0 Å². The summed E-state index contributed by atoms with van der Waals surface area (Å²) in [6, 6.07) is 1.55. The number of nitrogens with one attached hydrogen (secondary N) is 1. The summed E-state index contributed by atoms with van der Waals surface area (Å²) in [5, 5.41) is 6.43. The van der Waals surface area contributed by atoms with Gasteiger partial charge in [-0.15, -0.1) is 0 Å². The molecular formula is C8H13N3O2. The summed E-state index contributed by atoms with van der Waals surface area (Å²) in [5.74, 6) is 0.131. The van der Waals surface area contributed by atoms with Crippen LogP contribution in [0.15, 0.2) is 16.8 Å². The molecule has 0 aromatic carbocycles. The van der Waals surface area contributed by atoms with Gasteiger partial charge in [0.25, 0.3) is 5.91 Å². The minimum Gasteiger partial charge on any atom is -0.351 e. The Bertz CT molecular complexity index is 258. The van der Waals surface area contributed by atoms with E-state index >= 15 is 0 Å². The van der Waals surface area contributed by atoms with Crippen molar-refractivity contribution in [2.45, 2.75) is 0 Å². The fourth-order valence-electron chi connectivity index (χ4n) is 0.895. The van der Waals surface area contributed by atoms with Crippen LogP contribution >= 0.6 is 0 Å². The summed E-state index contributed by atoms with van der Waals surface area (Å²) < 4.78 is 4.73. The standard InChI is InChI=1S/C8H13N3O2/c1-9-5-6-11(2)8(12)7-3-4-10-13-7/h3-4,9H,5-6H2,1-2H3. The summed E-state index contributed by atoms with van der Waals surface area (Å²) in [6.45, 7) is 1.41. The third-order valence-corrected chi connectivity index (χ3v) is 1.69. The number of aromatic nitrogens is 1. The first-order valence-corrected chi connectivity index (χ1v) is 4.06. The average Bonchev–Trinajstić information content (AvgIpc) is 2.65. The van der Waals surface area contributed by atoms with Crippen LogP contribution in [0, 0.1) is 0 Å². The lowest BCUT2D eigenvalue weighted by Gasteiger charge is -2.14. The monoisotopic (exact) mass is 183 g/mol. The van der Waals surface area contributed by atoms with E-state index in [1.807, 2.05) is 7.05 Å². The van der Waals surface area contributed by atoms with Crippen LogP contribution in [0.4, 0.5) is 0 Å². The first kappa shape index (κ1) is 9.73. The molecule has 5 nitrogen and oxygen atoms in total. The summed E-state index contributed by atoms with van der Waals surface area (Å²) in [4.78, 5) is 13.1. The Morgan fingerprint density at radius 2 is 2.54 bits per heavy atom. The van der Waals surface area contributed by atoms with Crippen LogP contribution in [0.5, 0.6) is 0 Å². The summed E-state index contributed by atoms with van der Waals surface area (Å²) >= 11 is 0. The van der Waals surface area contributed by atoms with Crippen LogP contribution in [-0.4, -0.2) is 43.1 Å². The van der Waals surface area contributed by atoms with Crippen molar-refractivity contribution < 1.29 is 9.32 Å². The van der Waals surface area contributed by atoms with E-state index in [-0.39, 0.29) is 11.7 Å². The normalized spacial score (nSPS) is 10.0. The Morgan fingerprint density at radius 3 is 3.08 bits per heavy atom. The SMILES string of the molecule is CNCCN(C)C(=O)c1ccno1. The third-order valence-electron chi connectivity index (χ3n) is 1.69. The third kappa shape index (κ3) is 2.55. The smallest absolute Gasteiger partial charge is 0.292 e. The van der Waals surface area contributed by atoms with Gasteiger partial charge in [-0.3, -0.25) is 4.79 Å². The van der Waals surface area contributed by atoms with Gasteiger partial charge in [0.15, 0.2) is 0 Å². The maximum Gasteiger partial charge on any atom is 0.292 e. The van der Waals surface area contributed by atoms with Crippen LogP contribution in [0.3, 0.4) is 0 Å². The number of likely N-dealkylation sites (N-methyl/N-ethyl adjacent to an activating group) is 2. The fourth-order valence-corrected chi connectivity index (χ4v) is 0.895. The second-order valence-electron chi connectivity index (χ2n) is 2.71. The fraction of sp³-hybridized carbons (Fsp3) is 0.500. The Hall–Kier alpha value is -1.36. The molecule has 1 N–H and O–H groups in total. The van der Waals surface area contributed by atoms with Crippen LogP contribution < -0.4 is 5.32 Å². The molecule has 0 fully saturated rings. The summed E-state index contributed by atoms with van der Waals surface area (Å²) in [5.41, 5.74) is 0. The first-order chi connectivity index (χ1) is 6.25. The lowest BCUT2D eigenvalue weighted by atomic mass is 10.4. The number of rotatable bonds is 4. The number of hydrogen-bond acceptors (Lipinski definition) is 4. The Labute approximate surface area is 76.7 Å². The van der Waals surface area contributed by atoms with Crippen LogP contribution in [0.25, 0.3) is 0 Å². The molecule has 1 amide bonds. The molecule has 0 radical (unpaired) electrons. The lowest BCUT2D eigenvalue weighted by Crippen LogP contribution is -2.32. The summed E-state index contributed by atoms with van der Waals surface area (Å²) in [7, 11) is 3.56. The summed E-state index contributed by atoms with van der Waals surface area (Å²) in [6.07, 6.45) is 1.46. The lowest BCUT2D eigenvalue weighted by molar-refractivity contribution is 0.0755. The molecule has 1 rings (SSSR count). The molecule has 0 spiro atoms. The highest BCUT2D eigenvalue weighted by Gasteiger charge is 2.13. The minimum absolute atomic E-state index is 0.146. The molecule has 0 aliphatic rings. The van der Waals surface area contributed by atoms with Crippen LogP contribution in [0.1, 0.15) is 10.6 Å². The zero-order valence-corrected chi connectivity index (χ0v) is 7.78. The van der Waals surface area contributed by atoms with Gasteiger partial charge in [-0.1, -0.05) is 5.16 Å². The van der Waals surface area contributed by atoms with E-state index in [1.54, 1.807) is 18.0 Å². The van der Waals surface area contributed by atoms with Crippen molar-refractivity contribution in [2.24, 2.45) is 0 Å². The highest BCUT2D eigenvalue weighted by atomic mass is 16.5. The van der Waals surface area contributed by atoms with Gasteiger partial charge in [0, 0.05) is 26.2 Å². The molecule has 13 heavy (non-hydrogen) atoms. The molecule has 0 bridgehead atoms. The highest BCUT2D eigenvalue weighted by Crippen LogP contribution is 2.00. The molecular weight excluding hydrogens is 170 g/mol. The van der Waals surface area contributed by atoms with Gasteiger partial charge in [0.05, 0.1) is 6.20 Å². The molecule has 0 aliphatic heterocycles. The topological polar surface area (TPSA) is 58.4 Å². The predicted octanol–water partition coefficient (Wildman–Crippen LogP) is -0.0340. The molecule has 5 heteroatoms. The van der Waals surface area contributed by atoms with E-state index in [4.69, 9.17) is 4.52 Å². The Kier molecular flexibility index (Phi) is 3.45. The minimum atomic E-state index is -0.146. The number of nitrogens with zero attached hydrogens (tertiary/aromatic N) is 2.